The molecule has 0 bridgehead atoms. The summed E-state index contributed by atoms with van der Waals surface area (Å²) in [6, 6.07) is 20.1. The number of carbonyl (C=O) groups is 2. The molecule has 1 aliphatic rings. The van der Waals surface area contributed by atoms with Gasteiger partial charge < -0.3 is 10.1 Å². The summed E-state index contributed by atoms with van der Waals surface area (Å²) in [7, 11) is 0. The van der Waals surface area contributed by atoms with Crippen molar-refractivity contribution >= 4 is 46.6 Å². The third kappa shape index (κ3) is 4.92. The zero-order valence-electron chi connectivity index (χ0n) is 18.5. The van der Waals surface area contributed by atoms with Gasteiger partial charge in [0.2, 0.25) is 0 Å². The first-order chi connectivity index (χ1) is 15.9. The van der Waals surface area contributed by atoms with E-state index < -0.39 is 5.91 Å². The van der Waals surface area contributed by atoms with Crippen LogP contribution in [0.5, 0.6) is 5.75 Å². The van der Waals surface area contributed by atoms with Crippen LogP contribution in [0.1, 0.15) is 18.1 Å². The molecule has 3 aromatic carbocycles. The summed E-state index contributed by atoms with van der Waals surface area (Å²) in [6.45, 7) is 6.33. The summed E-state index contributed by atoms with van der Waals surface area (Å²) in [5.74, 6) is -0.102. The Morgan fingerprint density at radius 3 is 2.27 bits per heavy atom. The molecule has 0 unspecified atom stereocenters. The van der Waals surface area contributed by atoms with Gasteiger partial charge in [0.15, 0.2) is 0 Å². The highest BCUT2D eigenvalue weighted by Crippen LogP contribution is 2.38. The van der Waals surface area contributed by atoms with Crippen LogP contribution in [-0.2, 0) is 9.59 Å². The number of nitrogens with zero attached hydrogens (tertiary/aromatic N) is 1. The Morgan fingerprint density at radius 1 is 0.939 bits per heavy atom. The van der Waals surface area contributed by atoms with Gasteiger partial charge in [-0.1, -0.05) is 41.1 Å². The Bertz CT molecular complexity index is 1240. The number of carbonyl (C=O) groups excluding carboxylic acids is 2. The van der Waals surface area contributed by atoms with E-state index in [0.29, 0.717) is 33.7 Å². The maximum absolute atomic E-state index is 13.5. The Morgan fingerprint density at radius 2 is 1.64 bits per heavy atom. The van der Waals surface area contributed by atoms with Crippen LogP contribution in [0.4, 0.5) is 11.4 Å². The van der Waals surface area contributed by atoms with Gasteiger partial charge in [-0.2, -0.15) is 0 Å². The molecular formula is C26H23ClN2O3S. The molecule has 3 aromatic rings. The lowest BCUT2D eigenvalue weighted by Gasteiger charge is -2.16. The van der Waals surface area contributed by atoms with E-state index in [-0.39, 0.29) is 11.6 Å². The number of halogens is 1. The van der Waals surface area contributed by atoms with Gasteiger partial charge >= 0.3 is 0 Å². The highest BCUT2D eigenvalue weighted by molar-refractivity contribution is 8.04. The van der Waals surface area contributed by atoms with Crippen molar-refractivity contribution in [1.82, 2.24) is 0 Å². The van der Waals surface area contributed by atoms with Crippen molar-refractivity contribution in [2.45, 2.75) is 25.7 Å². The van der Waals surface area contributed by atoms with E-state index in [1.807, 2.05) is 51.1 Å². The summed E-state index contributed by atoms with van der Waals surface area (Å²) >= 11 is 7.36. The third-order valence-electron chi connectivity index (χ3n) is 5.14. The molecule has 168 valence electrons. The van der Waals surface area contributed by atoms with Crippen molar-refractivity contribution in [3.63, 3.8) is 0 Å². The molecule has 0 fully saturated rings. The van der Waals surface area contributed by atoms with Crippen molar-refractivity contribution in [1.29, 1.82) is 0 Å². The van der Waals surface area contributed by atoms with E-state index in [0.717, 1.165) is 16.0 Å². The van der Waals surface area contributed by atoms with E-state index in [1.165, 1.54) is 16.7 Å². The van der Waals surface area contributed by atoms with Crippen LogP contribution in [0.15, 0.2) is 82.2 Å². The van der Waals surface area contributed by atoms with Crippen LogP contribution in [-0.4, -0.2) is 18.4 Å². The van der Waals surface area contributed by atoms with Gasteiger partial charge in [0.25, 0.3) is 11.8 Å². The van der Waals surface area contributed by atoms with Crippen LogP contribution in [0.3, 0.4) is 0 Å². The number of anilines is 2. The molecule has 1 aliphatic heterocycles. The second-order valence-electron chi connectivity index (χ2n) is 7.58. The molecule has 1 N–H and O–H groups in total. The van der Waals surface area contributed by atoms with E-state index in [9.17, 15) is 9.59 Å². The molecule has 7 heteroatoms. The van der Waals surface area contributed by atoms with Crippen LogP contribution in [0.25, 0.3) is 0 Å². The largest absolute Gasteiger partial charge is 0.494 e. The number of rotatable bonds is 7. The number of thioether (sulfide) groups is 1. The minimum atomic E-state index is -0.409. The number of imide groups is 1. The van der Waals surface area contributed by atoms with Gasteiger partial charge in [0, 0.05) is 15.6 Å². The summed E-state index contributed by atoms with van der Waals surface area (Å²) in [6.07, 6.45) is 0. The summed E-state index contributed by atoms with van der Waals surface area (Å²) in [5.41, 5.74) is 3.43. The van der Waals surface area contributed by atoms with Gasteiger partial charge in [0.05, 0.1) is 12.3 Å². The Hall–Kier alpha value is -3.22. The molecule has 0 radical (unpaired) electrons. The summed E-state index contributed by atoms with van der Waals surface area (Å²) in [4.78, 5) is 29.4. The van der Waals surface area contributed by atoms with E-state index >= 15 is 0 Å². The van der Waals surface area contributed by atoms with Crippen molar-refractivity contribution in [3.05, 3.63) is 93.5 Å². The second kappa shape index (κ2) is 9.73. The molecule has 1 heterocycles. The standard InChI is InChI=1S/C26H23ClN2O3S/c1-4-32-20-10-8-19(9-11-20)29-25(30)23(28-22-14-7-18(27)15-17(22)3)24(26(29)31)33-21-12-5-16(2)6-13-21/h5-15,28H,4H2,1-3H3. The highest BCUT2D eigenvalue weighted by atomic mass is 35.5. The van der Waals surface area contributed by atoms with Crippen LogP contribution < -0.4 is 15.0 Å². The van der Waals surface area contributed by atoms with E-state index in [2.05, 4.69) is 5.32 Å². The normalized spacial score (nSPS) is 13.6. The first kappa shape index (κ1) is 23.0. The fourth-order valence-electron chi connectivity index (χ4n) is 3.43. The molecule has 0 atom stereocenters. The maximum atomic E-state index is 13.5. The molecular weight excluding hydrogens is 456 g/mol. The lowest BCUT2D eigenvalue weighted by molar-refractivity contribution is -0.120. The first-order valence-electron chi connectivity index (χ1n) is 10.5. The summed E-state index contributed by atoms with van der Waals surface area (Å²) < 4.78 is 5.48. The Labute approximate surface area is 202 Å². The first-order valence-corrected chi connectivity index (χ1v) is 11.7. The molecule has 0 saturated heterocycles. The van der Waals surface area contributed by atoms with Gasteiger partial charge in [0.1, 0.15) is 16.4 Å². The molecule has 5 nitrogen and oxygen atoms in total. The average Bonchev–Trinajstić information content (AvgIpc) is 3.02. The van der Waals surface area contributed by atoms with Crippen LogP contribution in [0, 0.1) is 13.8 Å². The van der Waals surface area contributed by atoms with Crippen molar-refractivity contribution in [2.24, 2.45) is 0 Å². The number of aryl methyl sites for hydroxylation is 2. The molecule has 2 amide bonds. The quantitative estimate of drug-likeness (QED) is 0.401. The van der Waals surface area contributed by atoms with E-state index in [1.54, 1.807) is 36.4 Å². The number of ether oxygens (including phenoxy) is 1. The predicted octanol–water partition coefficient (Wildman–Crippen LogP) is 6.34. The summed E-state index contributed by atoms with van der Waals surface area (Å²) in [5, 5.41) is 3.80. The van der Waals surface area contributed by atoms with Gasteiger partial charge in [-0.3, -0.25) is 9.59 Å². The Kier molecular flexibility index (Phi) is 6.77. The van der Waals surface area contributed by atoms with Crippen molar-refractivity contribution < 1.29 is 14.3 Å². The molecule has 33 heavy (non-hydrogen) atoms. The second-order valence-corrected chi connectivity index (χ2v) is 9.10. The SMILES string of the molecule is CCOc1ccc(N2C(=O)C(Nc3ccc(Cl)cc3C)=C(Sc3ccc(C)cc3)C2=O)cc1. The monoisotopic (exact) mass is 478 g/mol. The van der Waals surface area contributed by atoms with Crippen LogP contribution in [0.2, 0.25) is 5.02 Å². The number of hydrogen-bond donors (Lipinski definition) is 1. The maximum Gasteiger partial charge on any atom is 0.283 e. The van der Waals surface area contributed by atoms with Crippen molar-refractivity contribution in [2.75, 3.05) is 16.8 Å². The number of amides is 2. The molecule has 4 rings (SSSR count). The van der Waals surface area contributed by atoms with Crippen molar-refractivity contribution in [3.8, 4) is 5.75 Å². The molecule has 0 aliphatic carbocycles. The average molecular weight is 479 g/mol. The number of benzene rings is 3. The minimum absolute atomic E-state index is 0.241. The minimum Gasteiger partial charge on any atom is -0.494 e. The molecule has 0 aromatic heterocycles. The highest BCUT2D eigenvalue weighted by Gasteiger charge is 2.40. The molecule has 0 saturated carbocycles. The van der Waals surface area contributed by atoms with Gasteiger partial charge in [-0.25, -0.2) is 4.90 Å². The number of nitrogens with one attached hydrogen (secondary N) is 1. The predicted molar refractivity (Wildman–Crippen MR) is 134 cm³/mol. The fraction of sp³-hybridized carbons (Fsp3) is 0.154. The zero-order valence-corrected chi connectivity index (χ0v) is 20.1. The molecule has 0 spiro atoms. The lowest BCUT2D eigenvalue weighted by Crippen LogP contribution is -2.32. The zero-order chi connectivity index (χ0) is 23.5. The van der Waals surface area contributed by atoms with Gasteiger partial charge in [-0.15, -0.1) is 0 Å². The van der Waals surface area contributed by atoms with Crippen LogP contribution >= 0.6 is 23.4 Å². The topological polar surface area (TPSA) is 58.6 Å². The lowest BCUT2D eigenvalue weighted by atomic mass is 10.2. The van der Waals surface area contributed by atoms with E-state index in [4.69, 9.17) is 16.3 Å². The third-order valence-corrected chi connectivity index (χ3v) is 6.46. The fourth-order valence-corrected chi connectivity index (χ4v) is 4.59. The smallest absolute Gasteiger partial charge is 0.283 e. The van der Waals surface area contributed by atoms with Gasteiger partial charge in [-0.05, 0) is 80.9 Å². The Balaban J connectivity index is 1.72. The number of hydrogen-bond acceptors (Lipinski definition) is 5.